The summed E-state index contributed by atoms with van der Waals surface area (Å²) >= 11 is 0. The second-order valence-electron chi connectivity index (χ2n) is 8.67. The molecule has 0 spiro atoms. The zero-order valence-electron chi connectivity index (χ0n) is 19.7. The maximum Gasteiger partial charge on any atom is 0.573 e. The lowest BCUT2D eigenvalue weighted by atomic mass is 10.0. The highest BCUT2D eigenvalue weighted by molar-refractivity contribution is 5.97. The van der Waals surface area contributed by atoms with Gasteiger partial charge in [0.05, 0.1) is 30.6 Å². The van der Waals surface area contributed by atoms with Gasteiger partial charge in [0, 0.05) is 31.8 Å². The molecule has 37 heavy (non-hydrogen) atoms. The molecule has 0 radical (unpaired) electrons. The predicted octanol–water partition coefficient (Wildman–Crippen LogP) is 3.65. The molecule has 1 aliphatic rings. The van der Waals surface area contributed by atoms with Crippen molar-refractivity contribution < 1.29 is 36.6 Å². The van der Waals surface area contributed by atoms with Crippen LogP contribution in [0.15, 0.2) is 55.0 Å². The number of nitrogens with zero attached hydrogens (tertiary/aromatic N) is 3. The standard InChI is InChI=1S/C25H24F4N4O4/c1-32-13-20(31-14-32)16-4-7-21(18(11-16)24(30)35)36-22-8-9-33(12-19(22)26)23(34)10-15-2-5-17(6-3-15)37-25(27,28)29/h2-7,11,13-14,19,22H,8-10,12H2,1H3,(H2,30,35)/t19-,22-/m0/s1. The van der Waals surface area contributed by atoms with Gasteiger partial charge < -0.3 is 24.7 Å². The number of amides is 2. The number of aromatic nitrogens is 2. The van der Waals surface area contributed by atoms with Gasteiger partial charge in [-0.15, -0.1) is 13.2 Å². The van der Waals surface area contributed by atoms with E-state index in [0.717, 1.165) is 12.1 Å². The number of carbonyl (C=O) groups is 2. The Bertz CT molecular complexity index is 1280. The van der Waals surface area contributed by atoms with Crippen LogP contribution in [-0.2, 0) is 18.3 Å². The highest BCUT2D eigenvalue weighted by Gasteiger charge is 2.34. The van der Waals surface area contributed by atoms with Crippen LogP contribution in [0.5, 0.6) is 11.5 Å². The second-order valence-corrected chi connectivity index (χ2v) is 8.67. The number of rotatable bonds is 7. The number of aryl methyl sites for hydroxylation is 1. The van der Waals surface area contributed by atoms with Crippen LogP contribution in [0.2, 0.25) is 0 Å². The zero-order valence-corrected chi connectivity index (χ0v) is 19.7. The summed E-state index contributed by atoms with van der Waals surface area (Å²) in [5, 5.41) is 0. The van der Waals surface area contributed by atoms with E-state index in [0.29, 0.717) is 16.8 Å². The third-order valence-corrected chi connectivity index (χ3v) is 5.87. The van der Waals surface area contributed by atoms with E-state index in [2.05, 4.69) is 9.72 Å². The monoisotopic (exact) mass is 520 g/mol. The Labute approximate surface area is 209 Å². The van der Waals surface area contributed by atoms with Gasteiger partial charge in [0.25, 0.3) is 5.91 Å². The van der Waals surface area contributed by atoms with Crippen molar-refractivity contribution in [3.05, 3.63) is 66.1 Å². The van der Waals surface area contributed by atoms with E-state index >= 15 is 4.39 Å². The van der Waals surface area contributed by atoms with Crippen molar-refractivity contribution in [3.63, 3.8) is 0 Å². The summed E-state index contributed by atoms with van der Waals surface area (Å²) in [7, 11) is 1.81. The Morgan fingerprint density at radius 3 is 2.49 bits per heavy atom. The number of primary amides is 1. The van der Waals surface area contributed by atoms with E-state index in [1.807, 2.05) is 7.05 Å². The molecule has 3 aromatic rings. The number of likely N-dealkylation sites (tertiary alicyclic amines) is 1. The average molecular weight is 520 g/mol. The fourth-order valence-electron chi connectivity index (χ4n) is 4.05. The van der Waals surface area contributed by atoms with Crippen molar-refractivity contribution in [2.75, 3.05) is 13.1 Å². The lowest BCUT2D eigenvalue weighted by molar-refractivity contribution is -0.274. The molecule has 2 N–H and O–H groups in total. The topological polar surface area (TPSA) is 99.7 Å². The van der Waals surface area contributed by atoms with Gasteiger partial charge in [-0.3, -0.25) is 9.59 Å². The van der Waals surface area contributed by atoms with Gasteiger partial charge in [0.15, 0.2) is 6.17 Å². The molecule has 12 heteroatoms. The molecule has 2 heterocycles. The molecular formula is C25H24F4N4O4. The van der Waals surface area contributed by atoms with E-state index in [1.165, 1.54) is 23.1 Å². The van der Waals surface area contributed by atoms with E-state index in [-0.39, 0.29) is 43.2 Å². The number of piperidine rings is 1. The first kappa shape index (κ1) is 26.0. The normalized spacial score (nSPS) is 17.9. The van der Waals surface area contributed by atoms with Crippen molar-refractivity contribution in [2.24, 2.45) is 12.8 Å². The van der Waals surface area contributed by atoms with Crippen LogP contribution in [0.4, 0.5) is 17.6 Å². The number of alkyl halides is 4. The van der Waals surface area contributed by atoms with Crippen molar-refractivity contribution in [1.29, 1.82) is 0 Å². The maximum atomic E-state index is 15.0. The number of hydrogen-bond acceptors (Lipinski definition) is 5. The molecule has 4 rings (SSSR count). The number of imidazole rings is 1. The highest BCUT2D eigenvalue weighted by atomic mass is 19.4. The lowest BCUT2D eigenvalue weighted by Crippen LogP contribution is -2.49. The van der Waals surface area contributed by atoms with Crippen LogP contribution >= 0.6 is 0 Å². The van der Waals surface area contributed by atoms with Crippen LogP contribution in [-0.4, -0.2) is 58.0 Å². The lowest BCUT2D eigenvalue weighted by Gasteiger charge is -2.35. The summed E-state index contributed by atoms with van der Waals surface area (Å²) in [6.45, 7) is -0.0200. The van der Waals surface area contributed by atoms with Gasteiger partial charge in [-0.25, -0.2) is 9.37 Å². The molecule has 0 aliphatic carbocycles. The van der Waals surface area contributed by atoms with Gasteiger partial charge in [0.2, 0.25) is 5.91 Å². The van der Waals surface area contributed by atoms with E-state index in [9.17, 15) is 22.8 Å². The van der Waals surface area contributed by atoms with Crippen LogP contribution in [0.3, 0.4) is 0 Å². The Morgan fingerprint density at radius 1 is 1.16 bits per heavy atom. The molecule has 0 unspecified atom stereocenters. The summed E-state index contributed by atoms with van der Waals surface area (Å²) < 4.78 is 63.3. The minimum Gasteiger partial charge on any atom is -0.486 e. The minimum absolute atomic E-state index is 0.0896. The molecule has 2 atom stereocenters. The van der Waals surface area contributed by atoms with Crippen molar-refractivity contribution >= 4 is 11.8 Å². The quantitative estimate of drug-likeness (QED) is 0.480. The van der Waals surface area contributed by atoms with E-state index in [4.69, 9.17) is 10.5 Å². The second kappa shape index (κ2) is 10.5. The molecular weight excluding hydrogens is 496 g/mol. The highest BCUT2D eigenvalue weighted by Crippen LogP contribution is 2.29. The summed E-state index contributed by atoms with van der Waals surface area (Å²) in [4.78, 5) is 30.3. The first-order valence-electron chi connectivity index (χ1n) is 11.3. The molecule has 1 aliphatic heterocycles. The van der Waals surface area contributed by atoms with Gasteiger partial charge in [-0.2, -0.15) is 0 Å². The van der Waals surface area contributed by atoms with E-state index < -0.39 is 30.3 Å². The maximum absolute atomic E-state index is 15.0. The third kappa shape index (κ3) is 6.57. The van der Waals surface area contributed by atoms with E-state index in [1.54, 1.807) is 29.2 Å². The molecule has 2 amide bonds. The number of halogens is 4. The van der Waals surface area contributed by atoms with Crippen LogP contribution in [0.1, 0.15) is 22.3 Å². The summed E-state index contributed by atoms with van der Waals surface area (Å²) in [6.07, 6.45) is -3.78. The average Bonchev–Trinajstić information content (AvgIpc) is 3.27. The molecule has 1 aromatic heterocycles. The van der Waals surface area contributed by atoms with Crippen LogP contribution in [0, 0.1) is 0 Å². The molecule has 0 saturated carbocycles. The van der Waals surface area contributed by atoms with Crippen LogP contribution < -0.4 is 15.2 Å². The summed E-state index contributed by atoms with van der Waals surface area (Å²) in [6, 6.07) is 9.70. The molecule has 0 bridgehead atoms. The Morgan fingerprint density at radius 2 is 1.89 bits per heavy atom. The summed E-state index contributed by atoms with van der Waals surface area (Å²) in [5.41, 5.74) is 7.36. The van der Waals surface area contributed by atoms with Gasteiger partial charge in [0.1, 0.15) is 17.6 Å². The first-order valence-corrected chi connectivity index (χ1v) is 11.3. The number of hydrogen-bond donors (Lipinski definition) is 1. The number of ether oxygens (including phenoxy) is 2. The molecule has 1 saturated heterocycles. The van der Waals surface area contributed by atoms with Crippen molar-refractivity contribution in [1.82, 2.24) is 14.5 Å². The Kier molecular flexibility index (Phi) is 7.37. The molecule has 196 valence electrons. The molecule has 8 nitrogen and oxygen atoms in total. The third-order valence-electron chi connectivity index (χ3n) is 5.87. The van der Waals surface area contributed by atoms with Gasteiger partial charge in [-0.05, 0) is 35.9 Å². The molecule has 2 aromatic carbocycles. The molecule has 1 fully saturated rings. The largest absolute Gasteiger partial charge is 0.573 e. The first-order chi connectivity index (χ1) is 17.5. The summed E-state index contributed by atoms with van der Waals surface area (Å²) in [5.74, 6) is -1.36. The Balaban J connectivity index is 1.37. The predicted molar refractivity (Wildman–Crippen MR) is 124 cm³/mol. The fourth-order valence-corrected chi connectivity index (χ4v) is 4.05. The SMILES string of the molecule is Cn1cnc(-c2ccc(O[C@H]3CCN(C(=O)Cc4ccc(OC(F)(F)F)cc4)C[C@@H]3F)c(C(N)=O)c2)c1. The van der Waals surface area contributed by atoms with Crippen molar-refractivity contribution in [3.8, 4) is 22.8 Å². The minimum atomic E-state index is -4.81. The smallest absolute Gasteiger partial charge is 0.486 e. The van der Waals surface area contributed by atoms with Crippen LogP contribution in [0.25, 0.3) is 11.3 Å². The zero-order chi connectivity index (χ0) is 26.7. The number of benzene rings is 2. The Hall–Kier alpha value is -4.09. The number of carbonyl (C=O) groups excluding carboxylic acids is 2. The number of nitrogens with two attached hydrogens (primary N) is 1. The van der Waals surface area contributed by atoms with Crippen molar-refractivity contribution in [2.45, 2.75) is 31.5 Å². The van der Waals surface area contributed by atoms with Gasteiger partial charge in [-0.1, -0.05) is 12.1 Å². The van der Waals surface area contributed by atoms with Gasteiger partial charge >= 0.3 is 6.36 Å². The fraction of sp³-hybridized carbons (Fsp3) is 0.320.